The van der Waals surface area contributed by atoms with Gasteiger partial charge in [0.2, 0.25) is 0 Å². The van der Waals surface area contributed by atoms with Crippen molar-refractivity contribution in [2.24, 2.45) is 29.1 Å². The number of hydrogen-bond acceptors (Lipinski definition) is 0. The van der Waals surface area contributed by atoms with E-state index in [1.165, 1.54) is 25.7 Å². The van der Waals surface area contributed by atoms with Crippen LogP contribution in [0.3, 0.4) is 0 Å². The van der Waals surface area contributed by atoms with Crippen LogP contribution in [0.1, 0.15) is 32.6 Å². The van der Waals surface area contributed by atoms with Crippen LogP contribution in [0.2, 0.25) is 0 Å². The lowest BCUT2D eigenvalue weighted by Crippen LogP contribution is -2.53. The molecule has 3 fully saturated rings. The zero-order valence-corrected chi connectivity index (χ0v) is 8.87. The van der Waals surface area contributed by atoms with Gasteiger partial charge in [-0.3, -0.25) is 0 Å². The van der Waals surface area contributed by atoms with Crippen LogP contribution >= 0.6 is 0 Å². The third kappa shape index (κ3) is 0.610. The van der Waals surface area contributed by atoms with E-state index in [1.807, 2.05) is 0 Å². The summed E-state index contributed by atoms with van der Waals surface area (Å²) in [5, 5.41) is 0. The molecule has 0 amide bonds. The largest absolute Gasteiger partial charge is 0.0881 e. The molecule has 0 heteroatoms. The maximum absolute atomic E-state index is 2.52. The standard InChI is InChI=1S/C14H18/c1-2-9-6-11-7-12(9)14-5-3-4-10(8-14)13(11)14/h2-4,10-13H,5-8H2,1H3. The van der Waals surface area contributed by atoms with Gasteiger partial charge < -0.3 is 0 Å². The van der Waals surface area contributed by atoms with Crippen molar-refractivity contribution >= 4 is 0 Å². The molecule has 0 aromatic heterocycles. The highest BCUT2D eigenvalue weighted by Gasteiger charge is 2.67. The Morgan fingerprint density at radius 2 is 2.43 bits per heavy atom. The summed E-state index contributed by atoms with van der Waals surface area (Å²) in [5.74, 6) is 4.14. The molecule has 14 heavy (non-hydrogen) atoms. The van der Waals surface area contributed by atoms with E-state index in [-0.39, 0.29) is 0 Å². The van der Waals surface area contributed by atoms with Gasteiger partial charge in [0, 0.05) is 0 Å². The molecule has 5 unspecified atom stereocenters. The summed E-state index contributed by atoms with van der Waals surface area (Å²) in [4.78, 5) is 0. The molecule has 0 N–H and O–H groups in total. The fraction of sp³-hybridized carbons (Fsp3) is 0.714. The summed E-state index contributed by atoms with van der Waals surface area (Å²) in [6, 6.07) is 0. The molecule has 5 atom stereocenters. The Morgan fingerprint density at radius 1 is 1.50 bits per heavy atom. The second-order valence-electron chi connectivity index (χ2n) is 5.88. The van der Waals surface area contributed by atoms with Gasteiger partial charge in [-0.1, -0.05) is 23.8 Å². The van der Waals surface area contributed by atoms with Gasteiger partial charge in [0.15, 0.2) is 0 Å². The second kappa shape index (κ2) is 2.18. The molecule has 0 nitrogen and oxygen atoms in total. The van der Waals surface area contributed by atoms with Crippen LogP contribution in [0.15, 0.2) is 23.8 Å². The number of fused-ring (bicyclic) bond motifs is 5. The average molecular weight is 186 g/mol. The van der Waals surface area contributed by atoms with E-state index < -0.39 is 0 Å². The summed E-state index contributed by atoms with van der Waals surface area (Å²) in [6.07, 6.45) is 13.3. The lowest BCUT2D eigenvalue weighted by molar-refractivity contribution is -0.0554. The molecule has 4 bridgehead atoms. The summed E-state index contributed by atoms with van der Waals surface area (Å²) >= 11 is 0. The predicted molar refractivity (Wildman–Crippen MR) is 57.8 cm³/mol. The van der Waals surface area contributed by atoms with Crippen molar-refractivity contribution in [1.82, 2.24) is 0 Å². The van der Waals surface area contributed by atoms with E-state index in [4.69, 9.17) is 0 Å². The molecule has 4 aliphatic rings. The van der Waals surface area contributed by atoms with Gasteiger partial charge >= 0.3 is 0 Å². The topological polar surface area (TPSA) is 0 Å². The minimum absolute atomic E-state index is 0.768. The van der Waals surface area contributed by atoms with Crippen LogP contribution in [0.5, 0.6) is 0 Å². The summed E-state index contributed by atoms with van der Waals surface area (Å²) < 4.78 is 0. The van der Waals surface area contributed by atoms with Crippen molar-refractivity contribution in [2.45, 2.75) is 32.6 Å². The predicted octanol–water partition coefficient (Wildman–Crippen LogP) is 3.55. The van der Waals surface area contributed by atoms with Crippen LogP contribution in [-0.4, -0.2) is 0 Å². The fourth-order valence-corrected chi connectivity index (χ4v) is 5.35. The maximum atomic E-state index is 2.52. The van der Waals surface area contributed by atoms with Gasteiger partial charge in [-0.25, -0.2) is 0 Å². The Bertz CT molecular complexity index is 349. The molecule has 0 radical (unpaired) electrons. The van der Waals surface area contributed by atoms with Crippen molar-refractivity contribution in [3.63, 3.8) is 0 Å². The average Bonchev–Trinajstić information content (AvgIpc) is 2.71. The molecule has 0 aliphatic heterocycles. The van der Waals surface area contributed by atoms with E-state index in [1.54, 1.807) is 5.57 Å². The molecule has 3 saturated carbocycles. The first-order valence-electron chi connectivity index (χ1n) is 6.17. The fourth-order valence-electron chi connectivity index (χ4n) is 5.35. The van der Waals surface area contributed by atoms with Crippen LogP contribution in [0.4, 0.5) is 0 Å². The Balaban J connectivity index is 1.82. The van der Waals surface area contributed by atoms with Crippen LogP contribution in [-0.2, 0) is 0 Å². The second-order valence-corrected chi connectivity index (χ2v) is 5.88. The Labute approximate surface area is 86.1 Å². The van der Waals surface area contributed by atoms with Crippen LogP contribution < -0.4 is 0 Å². The molecule has 74 valence electrons. The Morgan fingerprint density at radius 3 is 3.21 bits per heavy atom. The molecular formula is C14H18. The van der Waals surface area contributed by atoms with Crippen LogP contribution in [0, 0.1) is 29.1 Å². The van der Waals surface area contributed by atoms with E-state index in [2.05, 4.69) is 25.2 Å². The first kappa shape index (κ1) is 7.73. The zero-order valence-electron chi connectivity index (χ0n) is 8.87. The third-order valence-corrected chi connectivity index (χ3v) is 5.68. The van der Waals surface area contributed by atoms with Gasteiger partial charge in [0.1, 0.15) is 0 Å². The SMILES string of the molecule is CC=C1CC2CC1C13CC=CC(C1)C23. The van der Waals surface area contributed by atoms with Crippen molar-refractivity contribution in [2.75, 3.05) is 0 Å². The monoisotopic (exact) mass is 186 g/mol. The Hall–Kier alpha value is -0.520. The minimum atomic E-state index is 0.768. The van der Waals surface area contributed by atoms with E-state index in [0.717, 1.165) is 29.1 Å². The lowest BCUT2D eigenvalue weighted by atomic mass is 9.44. The van der Waals surface area contributed by atoms with Gasteiger partial charge in [0.25, 0.3) is 0 Å². The molecule has 0 saturated heterocycles. The summed E-state index contributed by atoms with van der Waals surface area (Å²) in [5.41, 5.74) is 2.57. The van der Waals surface area contributed by atoms with E-state index in [0.29, 0.717) is 0 Å². The number of rotatable bonds is 0. The molecule has 0 heterocycles. The molecule has 4 rings (SSSR count). The van der Waals surface area contributed by atoms with Gasteiger partial charge in [0.05, 0.1) is 0 Å². The van der Waals surface area contributed by atoms with Gasteiger partial charge in [-0.2, -0.15) is 0 Å². The van der Waals surface area contributed by atoms with Gasteiger partial charge in [-0.05, 0) is 61.7 Å². The first-order chi connectivity index (χ1) is 6.85. The molecular weight excluding hydrogens is 168 g/mol. The lowest BCUT2D eigenvalue weighted by Gasteiger charge is -2.60. The molecule has 4 aliphatic carbocycles. The van der Waals surface area contributed by atoms with Crippen molar-refractivity contribution in [3.05, 3.63) is 23.8 Å². The maximum Gasteiger partial charge on any atom is -0.0138 e. The molecule has 0 aromatic carbocycles. The first-order valence-corrected chi connectivity index (χ1v) is 6.17. The van der Waals surface area contributed by atoms with E-state index in [9.17, 15) is 0 Å². The quantitative estimate of drug-likeness (QED) is 0.507. The highest BCUT2D eigenvalue weighted by atomic mass is 14.7. The highest BCUT2D eigenvalue weighted by molar-refractivity contribution is 5.33. The van der Waals surface area contributed by atoms with Crippen LogP contribution in [0.25, 0.3) is 0 Å². The Kier molecular flexibility index (Phi) is 1.20. The van der Waals surface area contributed by atoms with E-state index >= 15 is 0 Å². The number of allylic oxidation sites excluding steroid dienone is 4. The van der Waals surface area contributed by atoms with Crippen molar-refractivity contribution in [1.29, 1.82) is 0 Å². The smallest absolute Gasteiger partial charge is 0.0138 e. The summed E-state index contributed by atoms with van der Waals surface area (Å²) in [7, 11) is 0. The van der Waals surface area contributed by atoms with Gasteiger partial charge in [-0.15, -0.1) is 0 Å². The molecule has 1 spiro atoms. The van der Waals surface area contributed by atoms with Crippen molar-refractivity contribution < 1.29 is 0 Å². The normalized spacial score (nSPS) is 60.2. The minimum Gasteiger partial charge on any atom is -0.0881 e. The number of hydrogen-bond donors (Lipinski definition) is 0. The zero-order chi connectivity index (χ0) is 9.34. The highest BCUT2D eigenvalue weighted by Crippen LogP contribution is 2.75. The van der Waals surface area contributed by atoms with Crippen molar-refractivity contribution in [3.8, 4) is 0 Å². The molecule has 0 aromatic rings. The summed E-state index contributed by atoms with van der Waals surface area (Å²) in [6.45, 7) is 2.25. The third-order valence-electron chi connectivity index (χ3n) is 5.68.